The normalized spacial score (nSPS) is 11.7. The number of aromatic amines is 3. The number of hydrogen-bond acceptors (Lipinski definition) is 4. The van der Waals surface area contributed by atoms with Crippen molar-refractivity contribution < 1.29 is 4.39 Å². The lowest BCUT2D eigenvalue weighted by Gasteiger charge is -2.05. The Morgan fingerprint density at radius 1 is 1.12 bits per heavy atom. The molecule has 5 aromatic rings. The van der Waals surface area contributed by atoms with Crippen LogP contribution in [0.15, 0.2) is 57.7 Å². The zero-order valence-corrected chi connectivity index (χ0v) is 13.4. The number of H-pyrrole nitrogens is 3. The Balaban J connectivity index is 1.92. The molecule has 0 atom stereocenters. The molecule has 8 heteroatoms. The first-order valence-corrected chi connectivity index (χ1v) is 8.31. The van der Waals surface area contributed by atoms with Gasteiger partial charge in [-0.1, -0.05) is 0 Å². The number of hydrogen-bond donors (Lipinski definition) is 3. The summed E-state index contributed by atoms with van der Waals surface area (Å²) < 4.78 is 13.8. The second-order valence-corrected chi connectivity index (χ2v) is 6.65. The van der Waals surface area contributed by atoms with Gasteiger partial charge in [-0.15, -0.1) is 0 Å². The van der Waals surface area contributed by atoms with Gasteiger partial charge in [0.05, 0.1) is 27.5 Å². The van der Waals surface area contributed by atoms with E-state index < -0.39 is 0 Å². The van der Waals surface area contributed by atoms with Crippen LogP contribution in [-0.4, -0.2) is 25.1 Å². The molecule has 3 N–H and O–H groups in total. The molecule has 0 spiro atoms. The van der Waals surface area contributed by atoms with Crippen molar-refractivity contribution in [3.8, 4) is 0 Å². The molecule has 0 aliphatic carbocycles. The largest absolute Gasteiger partial charge is 0.332 e. The molecule has 122 valence electrons. The van der Waals surface area contributed by atoms with Crippen LogP contribution in [0.3, 0.4) is 0 Å². The number of aromatic nitrogens is 5. The minimum Gasteiger partial charge on any atom is -0.332 e. The van der Waals surface area contributed by atoms with Gasteiger partial charge in [-0.3, -0.25) is 9.89 Å². The van der Waals surface area contributed by atoms with Crippen molar-refractivity contribution in [2.75, 3.05) is 0 Å². The molecular formula is C17H10FN5OS. The third kappa shape index (κ3) is 2.14. The summed E-state index contributed by atoms with van der Waals surface area (Å²) in [6.45, 7) is 0. The maximum atomic E-state index is 13.8. The number of rotatable bonds is 2. The number of pyridine rings is 1. The van der Waals surface area contributed by atoms with E-state index in [1.807, 2.05) is 0 Å². The van der Waals surface area contributed by atoms with Crippen molar-refractivity contribution in [3.63, 3.8) is 0 Å². The number of nitrogens with zero attached hydrogens (tertiary/aromatic N) is 2. The minimum absolute atomic E-state index is 0.262. The first kappa shape index (κ1) is 14.2. The van der Waals surface area contributed by atoms with E-state index in [0.717, 1.165) is 15.8 Å². The molecule has 0 bridgehead atoms. The SMILES string of the molecule is O=c1[nH]ccc2c3nc(Sc4cn[nH]c4)[nH]c3c3ccc(F)cc3c12. The van der Waals surface area contributed by atoms with Gasteiger partial charge >= 0.3 is 0 Å². The predicted molar refractivity (Wildman–Crippen MR) is 94.4 cm³/mol. The van der Waals surface area contributed by atoms with Crippen molar-refractivity contribution in [2.24, 2.45) is 0 Å². The summed E-state index contributed by atoms with van der Waals surface area (Å²) in [5, 5.41) is 9.80. The van der Waals surface area contributed by atoms with E-state index in [4.69, 9.17) is 0 Å². The summed E-state index contributed by atoms with van der Waals surface area (Å²) >= 11 is 1.42. The van der Waals surface area contributed by atoms with Crippen molar-refractivity contribution in [2.45, 2.75) is 10.1 Å². The van der Waals surface area contributed by atoms with Gasteiger partial charge in [0, 0.05) is 28.6 Å². The van der Waals surface area contributed by atoms with Gasteiger partial charge in [0.2, 0.25) is 0 Å². The standard InChI is InChI=1S/C17H10FN5OS/c18-8-1-2-10-12(5-8)13-11(3-4-19-16(13)24)15-14(10)22-17(23-15)25-9-6-20-21-7-9/h1-7H,(H,19,24)(H,20,21)(H,22,23). The first-order chi connectivity index (χ1) is 12.2. The summed E-state index contributed by atoms with van der Waals surface area (Å²) in [7, 11) is 0. The number of fused-ring (bicyclic) bond motifs is 6. The molecule has 0 saturated heterocycles. The summed E-state index contributed by atoms with van der Waals surface area (Å²) in [6, 6.07) is 6.23. The molecule has 3 heterocycles. The summed E-state index contributed by atoms with van der Waals surface area (Å²) in [6.07, 6.45) is 5.05. The molecule has 0 saturated carbocycles. The average molecular weight is 351 g/mol. The maximum absolute atomic E-state index is 13.8. The third-order valence-electron chi connectivity index (χ3n) is 4.11. The quantitative estimate of drug-likeness (QED) is 0.424. The molecule has 0 unspecified atom stereocenters. The predicted octanol–water partition coefficient (Wildman–Crippen LogP) is 3.57. The monoisotopic (exact) mass is 351 g/mol. The fourth-order valence-electron chi connectivity index (χ4n) is 3.08. The van der Waals surface area contributed by atoms with Crippen LogP contribution in [0.5, 0.6) is 0 Å². The van der Waals surface area contributed by atoms with Crippen LogP contribution in [0.25, 0.3) is 32.6 Å². The lowest BCUT2D eigenvalue weighted by Crippen LogP contribution is -2.05. The van der Waals surface area contributed by atoms with E-state index in [9.17, 15) is 9.18 Å². The zero-order chi connectivity index (χ0) is 17.0. The highest BCUT2D eigenvalue weighted by Gasteiger charge is 2.16. The molecule has 0 amide bonds. The first-order valence-electron chi connectivity index (χ1n) is 7.50. The molecule has 2 aromatic carbocycles. The van der Waals surface area contributed by atoms with Crippen LogP contribution in [0.4, 0.5) is 4.39 Å². The number of benzene rings is 2. The Bertz CT molecular complexity index is 1310. The van der Waals surface area contributed by atoms with Crippen molar-refractivity contribution in [1.82, 2.24) is 25.1 Å². The maximum Gasteiger partial charge on any atom is 0.256 e. The molecule has 25 heavy (non-hydrogen) atoms. The van der Waals surface area contributed by atoms with E-state index in [2.05, 4.69) is 25.1 Å². The van der Waals surface area contributed by atoms with Crippen molar-refractivity contribution >= 4 is 44.3 Å². The van der Waals surface area contributed by atoms with Gasteiger partial charge in [-0.2, -0.15) is 5.10 Å². The Morgan fingerprint density at radius 3 is 2.88 bits per heavy atom. The highest BCUT2D eigenvalue weighted by Crippen LogP contribution is 2.35. The molecule has 0 radical (unpaired) electrons. The van der Waals surface area contributed by atoms with E-state index in [1.165, 1.54) is 23.9 Å². The molecule has 5 rings (SSSR count). The van der Waals surface area contributed by atoms with Gasteiger partial charge in [0.15, 0.2) is 5.16 Å². The fraction of sp³-hybridized carbons (Fsp3) is 0. The summed E-state index contributed by atoms with van der Waals surface area (Å²) in [5.41, 5.74) is 1.20. The van der Waals surface area contributed by atoms with Crippen LogP contribution in [-0.2, 0) is 0 Å². The lowest BCUT2D eigenvalue weighted by atomic mass is 10.0. The van der Waals surface area contributed by atoms with Crippen LogP contribution < -0.4 is 5.56 Å². The zero-order valence-electron chi connectivity index (χ0n) is 12.6. The second-order valence-electron chi connectivity index (χ2n) is 5.59. The molecule has 6 nitrogen and oxygen atoms in total. The molecule has 3 aromatic heterocycles. The molecular weight excluding hydrogens is 341 g/mol. The van der Waals surface area contributed by atoms with Gasteiger partial charge < -0.3 is 9.97 Å². The lowest BCUT2D eigenvalue weighted by molar-refractivity contribution is 0.630. The molecule has 0 fully saturated rings. The van der Waals surface area contributed by atoms with Crippen LogP contribution in [0.1, 0.15) is 0 Å². The third-order valence-corrected chi connectivity index (χ3v) is 4.95. The topological polar surface area (TPSA) is 90.2 Å². The molecule has 0 aliphatic rings. The Morgan fingerprint density at radius 2 is 2.04 bits per heavy atom. The van der Waals surface area contributed by atoms with E-state index >= 15 is 0 Å². The van der Waals surface area contributed by atoms with Crippen LogP contribution in [0, 0.1) is 5.82 Å². The number of halogens is 1. The van der Waals surface area contributed by atoms with E-state index in [1.54, 1.807) is 30.7 Å². The summed E-state index contributed by atoms with van der Waals surface area (Å²) in [5.74, 6) is -0.385. The van der Waals surface area contributed by atoms with Crippen LogP contribution >= 0.6 is 11.8 Å². The van der Waals surface area contributed by atoms with Gasteiger partial charge in [-0.25, -0.2) is 9.37 Å². The number of imidazole rings is 1. The fourth-order valence-corrected chi connectivity index (χ4v) is 3.81. The van der Waals surface area contributed by atoms with Crippen molar-refractivity contribution in [1.29, 1.82) is 0 Å². The van der Waals surface area contributed by atoms with Gasteiger partial charge in [-0.05, 0) is 36.0 Å². The van der Waals surface area contributed by atoms with Crippen molar-refractivity contribution in [3.05, 3.63) is 59.0 Å². The highest BCUT2D eigenvalue weighted by atomic mass is 32.2. The van der Waals surface area contributed by atoms with Gasteiger partial charge in [0.25, 0.3) is 5.56 Å². The molecule has 0 aliphatic heterocycles. The minimum atomic E-state index is -0.385. The Labute approximate surface area is 143 Å². The average Bonchev–Trinajstić information content (AvgIpc) is 3.25. The smallest absolute Gasteiger partial charge is 0.256 e. The second kappa shape index (κ2) is 5.18. The Kier molecular flexibility index (Phi) is 2.95. The highest BCUT2D eigenvalue weighted by molar-refractivity contribution is 7.99. The number of nitrogens with one attached hydrogen (secondary N) is 3. The Hall–Kier alpha value is -3.13. The summed E-state index contributed by atoms with van der Waals surface area (Å²) in [4.78, 5) is 23.9. The van der Waals surface area contributed by atoms with Crippen LogP contribution in [0.2, 0.25) is 0 Å². The van der Waals surface area contributed by atoms with Gasteiger partial charge in [0.1, 0.15) is 5.82 Å². The van der Waals surface area contributed by atoms with E-state index in [0.29, 0.717) is 26.8 Å². The van der Waals surface area contributed by atoms with E-state index in [-0.39, 0.29) is 11.4 Å².